The van der Waals surface area contributed by atoms with E-state index in [0.29, 0.717) is 23.5 Å². The van der Waals surface area contributed by atoms with Crippen LogP contribution in [-0.2, 0) is 0 Å². The normalized spacial score (nSPS) is 23.9. The molecule has 104 valence electrons. The van der Waals surface area contributed by atoms with Crippen molar-refractivity contribution in [3.8, 4) is 0 Å². The molecule has 1 saturated heterocycles. The van der Waals surface area contributed by atoms with Gasteiger partial charge in [0.2, 0.25) is 0 Å². The van der Waals surface area contributed by atoms with Gasteiger partial charge in [-0.1, -0.05) is 12.5 Å². The fourth-order valence-corrected chi connectivity index (χ4v) is 2.53. The quantitative estimate of drug-likeness (QED) is 0.717. The van der Waals surface area contributed by atoms with Gasteiger partial charge in [0.25, 0.3) is 0 Å². The first-order chi connectivity index (χ1) is 9.06. The molecule has 2 unspecified atom stereocenters. The summed E-state index contributed by atoms with van der Waals surface area (Å²) in [7, 11) is 0. The number of anilines is 2. The van der Waals surface area contributed by atoms with Crippen LogP contribution in [-0.4, -0.2) is 23.1 Å². The Bertz CT molecular complexity index is 439. The third-order valence-electron chi connectivity index (χ3n) is 3.57. The number of hydrogen-bond acceptors (Lipinski definition) is 3. The first kappa shape index (κ1) is 13.7. The lowest BCUT2D eigenvalue weighted by Gasteiger charge is -2.38. The van der Waals surface area contributed by atoms with Gasteiger partial charge in [0, 0.05) is 23.5 Å². The van der Waals surface area contributed by atoms with Crippen LogP contribution < -0.4 is 16.5 Å². The van der Waals surface area contributed by atoms with E-state index >= 15 is 0 Å². The van der Waals surface area contributed by atoms with Gasteiger partial charge in [-0.15, -0.1) is 0 Å². The first-order valence-corrected chi connectivity index (χ1v) is 6.78. The number of benzene rings is 1. The van der Waals surface area contributed by atoms with Crippen molar-refractivity contribution in [2.24, 2.45) is 0 Å². The molecule has 1 aromatic rings. The van der Waals surface area contributed by atoms with Crippen molar-refractivity contribution in [3.63, 3.8) is 0 Å². The second-order valence-electron chi connectivity index (χ2n) is 5.23. The van der Waals surface area contributed by atoms with E-state index in [2.05, 4.69) is 24.6 Å². The van der Waals surface area contributed by atoms with Crippen LogP contribution in [0.1, 0.15) is 33.1 Å². The Hall–Kier alpha value is -1.75. The number of carbonyl (C=O) groups is 1. The average molecular weight is 262 g/mol. The second-order valence-corrected chi connectivity index (χ2v) is 5.23. The Morgan fingerprint density at radius 3 is 2.63 bits per heavy atom. The predicted octanol–water partition coefficient (Wildman–Crippen LogP) is 2.57. The second kappa shape index (κ2) is 5.93. The number of nitrogens with two attached hydrogens (primary N) is 1. The van der Waals surface area contributed by atoms with E-state index in [1.165, 1.54) is 6.42 Å². The first-order valence-electron chi connectivity index (χ1n) is 6.78. The van der Waals surface area contributed by atoms with Crippen LogP contribution in [0.2, 0.25) is 0 Å². The summed E-state index contributed by atoms with van der Waals surface area (Å²) in [6, 6.07) is 7.69. The van der Waals surface area contributed by atoms with E-state index in [1.54, 1.807) is 12.1 Å². The Labute approximate surface area is 114 Å². The van der Waals surface area contributed by atoms with Gasteiger partial charge in [0.15, 0.2) is 0 Å². The van der Waals surface area contributed by atoms with Gasteiger partial charge in [-0.05, 0) is 44.9 Å². The summed E-state index contributed by atoms with van der Waals surface area (Å²) in [6.07, 6.45) is 3.45. The van der Waals surface area contributed by atoms with Crippen molar-refractivity contribution in [2.75, 3.05) is 11.1 Å². The van der Waals surface area contributed by atoms with E-state index < -0.39 is 0 Å². The summed E-state index contributed by atoms with van der Waals surface area (Å²) in [5.41, 5.74) is 9.95. The summed E-state index contributed by atoms with van der Waals surface area (Å²) >= 11 is 0. The Balaban J connectivity index is 1.93. The Morgan fingerprint density at radius 1 is 1.32 bits per heavy atom. The number of amides is 2. The molecule has 19 heavy (non-hydrogen) atoms. The maximum absolute atomic E-state index is 12.0. The molecule has 1 heterocycles. The molecule has 2 atom stereocenters. The van der Waals surface area contributed by atoms with Crippen LogP contribution in [0.25, 0.3) is 0 Å². The number of hydrogen-bond donors (Lipinski definition) is 3. The number of nitrogens with zero attached hydrogens (tertiary/aromatic N) is 1. The molecule has 1 aliphatic rings. The van der Waals surface area contributed by atoms with Crippen LogP contribution in [0.3, 0.4) is 0 Å². The van der Waals surface area contributed by atoms with Crippen molar-refractivity contribution >= 4 is 17.4 Å². The molecular formula is C14H22N4O. The molecule has 0 aromatic heterocycles. The summed E-state index contributed by atoms with van der Waals surface area (Å²) < 4.78 is 0. The largest absolute Gasteiger partial charge is 0.399 e. The molecule has 0 saturated carbocycles. The fourth-order valence-electron chi connectivity index (χ4n) is 2.53. The van der Waals surface area contributed by atoms with Crippen molar-refractivity contribution in [3.05, 3.63) is 24.3 Å². The Kier molecular flexibility index (Phi) is 4.27. The number of rotatable bonds is 2. The molecule has 4 N–H and O–H groups in total. The molecule has 0 spiro atoms. The third-order valence-corrected chi connectivity index (χ3v) is 3.57. The highest BCUT2D eigenvalue weighted by Gasteiger charge is 2.25. The van der Waals surface area contributed by atoms with Crippen LogP contribution in [0.4, 0.5) is 16.2 Å². The van der Waals surface area contributed by atoms with E-state index in [0.717, 1.165) is 12.8 Å². The topological polar surface area (TPSA) is 70.4 Å². The van der Waals surface area contributed by atoms with Crippen LogP contribution >= 0.6 is 0 Å². The number of piperidine rings is 1. The van der Waals surface area contributed by atoms with Gasteiger partial charge in [0.1, 0.15) is 0 Å². The molecule has 1 aliphatic heterocycles. The molecule has 5 nitrogen and oxygen atoms in total. The monoisotopic (exact) mass is 262 g/mol. The number of nitrogens with one attached hydrogen (secondary N) is 2. The predicted molar refractivity (Wildman–Crippen MR) is 77.6 cm³/mol. The zero-order chi connectivity index (χ0) is 13.8. The summed E-state index contributed by atoms with van der Waals surface area (Å²) in [6.45, 7) is 4.27. The summed E-state index contributed by atoms with van der Waals surface area (Å²) in [5.74, 6) is 0. The minimum atomic E-state index is -0.216. The number of carbonyl (C=O) groups excluding carboxylic acids is 1. The SMILES string of the molecule is CC1CCCC(C)N1NC(=O)Nc1cccc(N)c1. The molecule has 0 radical (unpaired) electrons. The number of nitrogen functional groups attached to an aromatic ring is 1. The third kappa shape index (κ3) is 3.61. The Morgan fingerprint density at radius 2 is 2.00 bits per heavy atom. The minimum absolute atomic E-state index is 0.216. The average Bonchev–Trinajstić information content (AvgIpc) is 2.34. The van der Waals surface area contributed by atoms with Crippen LogP contribution in [0.15, 0.2) is 24.3 Å². The van der Waals surface area contributed by atoms with Gasteiger partial charge in [-0.2, -0.15) is 0 Å². The minimum Gasteiger partial charge on any atom is -0.399 e. The van der Waals surface area contributed by atoms with E-state index in [-0.39, 0.29) is 6.03 Å². The molecule has 0 bridgehead atoms. The van der Waals surface area contributed by atoms with E-state index in [1.807, 2.05) is 17.1 Å². The standard InChI is InChI=1S/C14H22N4O/c1-10-5-3-6-11(2)18(10)17-14(19)16-13-8-4-7-12(15)9-13/h4,7-11H,3,5-6,15H2,1-2H3,(H2,16,17,19). The van der Waals surface area contributed by atoms with E-state index in [9.17, 15) is 4.79 Å². The molecule has 1 aromatic carbocycles. The smallest absolute Gasteiger partial charge is 0.333 e. The van der Waals surface area contributed by atoms with Crippen LogP contribution in [0, 0.1) is 0 Å². The van der Waals surface area contributed by atoms with Crippen molar-refractivity contribution < 1.29 is 4.79 Å². The van der Waals surface area contributed by atoms with Crippen molar-refractivity contribution in [1.29, 1.82) is 0 Å². The maximum Gasteiger partial charge on any atom is 0.333 e. The molecule has 1 fully saturated rings. The molecule has 5 heteroatoms. The lowest BCUT2D eigenvalue weighted by Crippen LogP contribution is -2.55. The van der Waals surface area contributed by atoms with Gasteiger partial charge in [-0.3, -0.25) is 5.43 Å². The lowest BCUT2D eigenvalue weighted by atomic mass is 10.00. The van der Waals surface area contributed by atoms with Gasteiger partial charge >= 0.3 is 6.03 Å². The highest BCUT2D eigenvalue weighted by molar-refractivity contribution is 5.89. The molecule has 2 rings (SSSR count). The number of urea groups is 1. The highest BCUT2D eigenvalue weighted by atomic mass is 16.2. The summed E-state index contributed by atoms with van der Waals surface area (Å²) in [5, 5.41) is 4.83. The zero-order valence-electron chi connectivity index (χ0n) is 11.5. The lowest BCUT2D eigenvalue weighted by molar-refractivity contribution is 0.0625. The van der Waals surface area contributed by atoms with Gasteiger partial charge in [-0.25, -0.2) is 9.80 Å². The van der Waals surface area contributed by atoms with Gasteiger partial charge in [0.05, 0.1) is 0 Å². The summed E-state index contributed by atoms with van der Waals surface area (Å²) in [4.78, 5) is 12.0. The molecule has 2 amide bonds. The zero-order valence-corrected chi connectivity index (χ0v) is 11.5. The van der Waals surface area contributed by atoms with E-state index in [4.69, 9.17) is 5.73 Å². The molecular weight excluding hydrogens is 240 g/mol. The highest BCUT2D eigenvalue weighted by Crippen LogP contribution is 2.20. The number of hydrazine groups is 1. The fraction of sp³-hybridized carbons (Fsp3) is 0.500. The van der Waals surface area contributed by atoms with Gasteiger partial charge < -0.3 is 11.1 Å². The van der Waals surface area contributed by atoms with Crippen LogP contribution in [0.5, 0.6) is 0 Å². The molecule has 0 aliphatic carbocycles. The maximum atomic E-state index is 12.0. The van der Waals surface area contributed by atoms with Crippen molar-refractivity contribution in [1.82, 2.24) is 10.4 Å². The van der Waals surface area contributed by atoms with Crippen molar-refractivity contribution in [2.45, 2.75) is 45.2 Å².